The van der Waals surface area contributed by atoms with Crippen LogP contribution in [0.4, 0.5) is 11.4 Å². The van der Waals surface area contributed by atoms with Gasteiger partial charge in [-0.05, 0) is 44.5 Å². The first-order valence-electron chi connectivity index (χ1n) is 6.93. The van der Waals surface area contributed by atoms with Crippen molar-refractivity contribution < 1.29 is 4.79 Å². The molecule has 1 fully saturated rings. The van der Waals surface area contributed by atoms with Crippen molar-refractivity contribution >= 4 is 17.3 Å². The summed E-state index contributed by atoms with van der Waals surface area (Å²) in [6.45, 7) is 8.27. The number of likely N-dealkylation sites (tertiary alicyclic amines) is 1. The molecule has 0 aliphatic carbocycles. The molecule has 1 aliphatic rings. The Kier molecular flexibility index (Phi) is 4.43. The minimum Gasteiger partial charge on any atom is -0.381 e. The van der Waals surface area contributed by atoms with Crippen LogP contribution in [0.5, 0.6) is 0 Å². The van der Waals surface area contributed by atoms with Gasteiger partial charge in [0.2, 0.25) is 5.91 Å². The van der Waals surface area contributed by atoms with Crippen molar-refractivity contribution in [2.24, 2.45) is 0 Å². The van der Waals surface area contributed by atoms with E-state index in [0.717, 1.165) is 17.9 Å². The second-order valence-corrected chi connectivity index (χ2v) is 5.48. The van der Waals surface area contributed by atoms with Crippen molar-refractivity contribution in [2.75, 3.05) is 23.7 Å². The lowest BCUT2D eigenvalue weighted by Crippen LogP contribution is -2.31. The number of anilines is 2. The summed E-state index contributed by atoms with van der Waals surface area (Å²) in [6.07, 6.45) is 1.19. The third-order valence-corrected chi connectivity index (χ3v) is 3.53. The van der Waals surface area contributed by atoms with E-state index >= 15 is 0 Å². The molecule has 104 valence electrons. The summed E-state index contributed by atoms with van der Waals surface area (Å²) >= 11 is 0. The molecule has 1 saturated heterocycles. The highest BCUT2D eigenvalue weighted by Crippen LogP contribution is 2.19. The Balaban J connectivity index is 1.88. The number of hydrogen-bond donors (Lipinski definition) is 2. The Labute approximate surface area is 115 Å². The Hall–Kier alpha value is -1.55. The molecule has 1 unspecified atom stereocenters. The first kappa shape index (κ1) is 13.9. The van der Waals surface area contributed by atoms with Crippen LogP contribution in [-0.4, -0.2) is 36.0 Å². The topological polar surface area (TPSA) is 44.4 Å². The van der Waals surface area contributed by atoms with E-state index in [1.54, 1.807) is 0 Å². The van der Waals surface area contributed by atoms with Gasteiger partial charge < -0.3 is 10.6 Å². The number of rotatable bonds is 4. The monoisotopic (exact) mass is 261 g/mol. The van der Waals surface area contributed by atoms with Gasteiger partial charge in [-0.25, -0.2) is 0 Å². The molecule has 0 spiro atoms. The molecule has 4 heteroatoms. The molecule has 1 atom stereocenters. The van der Waals surface area contributed by atoms with E-state index in [0.29, 0.717) is 12.1 Å². The van der Waals surface area contributed by atoms with Gasteiger partial charge in [0.1, 0.15) is 0 Å². The van der Waals surface area contributed by atoms with Gasteiger partial charge in [-0.1, -0.05) is 0 Å². The van der Waals surface area contributed by atoms with Crippen LogP contribution in [-0.2, 0) is 4.79 Å². The lowest BCUT2D eigenvalue weighted by molar-refractivity contribution is -0.114. The summed E-state index contributed by atoms with van der Waals surface area (Å²) in [5.41, 5.74) is 1.96. The number of hydrogen-bond acceptors (Lipinski definition) is 3. The van der Waals surface area contributed by atoms with Gasteiger partial charge in [0.25, 0.3) is 0 Å². The van der Waals surface area contributed by atoms with E-state index in [1.807, 2.05) is 24.3 Å². The summed E-state index contributed by atoms with van der Waals surface area (Å²) in [7, 11) is 0. The zero-order chi connectivity index (χ0) is 13.8. The van der Waals surface area contributed by atoms with Crippen LogP contribution in [0.2, 0.25) is 0 Å². The Morgan fingerprint density at radius 3 is 2.42 bits per heavy atom. The van der Waals surface area contributed by atoms with Crippen LogP contribution < -0.4 is 10.6 Å². The number of carbonyl (C=O) groups excluding carboxylic acids is 1. The van der Waals surface area contributed by atoms with Gasteiger partial charge in [0.05, 0.1) is 0 Å². The van der Waals surface area contributed by atoms with Gasteiger partial charge in [0.15, 0.2) is 0 Å². The molecule has 1 heterocycles. The van der Waals surface area contributed by atoms with Crippen molar-refractivity contribution in [3.63, 3.8) is 0 Å². The van der Waals surface area contributed by atoms with Crippen LogP contribution in [0.25, 0.3) is 0 Å². The third kappa shape index (κ3) is 3.96. The third-order valence-electron chi connectivity index (χ3n) is 3.53. The number of nitrogens with zero attached hydrogens (tertiary/aromatic N) is 1. The maximum absolute atomic E-state index is 10.9. The molecule has 2 rings (SSSR count). The minimum atomic E-state index is -0.0379. The Morgan fingerprint density at radius 2 is 1.89 bits per heavy atom. The van der Waals surface area contributed by atoms with Crippen molar-refractivity contribution in [3.8, 4) is 0 Å². The van der Waals surface area contributed by atoms with Gasteiger partial charge in [-0.3, -0.25) is 9.69 Å². The lowest BCUT2D eigenvalue weighted by Gasteiger charge is -2.21. The summed E-state index contributed by atoms with van der Waals surface area (Å²) < 4.78 is 0. The molecule has 4 nitrogen and oxygen atoms in total. The quantitative estimate of drug-likeness (QED) is 0.875. The number of benzene rings is 1. The number of carbonyl (C=O) groups is 1. The van der Waals surface area contributed by atoms with Crippen molar-refractivity contribution in [2.45, 2.75) is 39.3 Å². The molecule has 1 amide bonds. The standard InChI is InChI=1S/C15H23N3O/c1-11(2)18-9-8-15(10-18)17-14-6-4-13(5-7-14)16-12(3)19/h4-7,11,15,17H,8-10H2,1-3H3,(H,16,19). The van der Waals surface area contributed by atoms with E-state index in [9.17, 15) is 4.79 Å². The van der Waals surface area contributed by atoms with Gasteiger partial charge >= 0.3 is 0 Å². The maximum Gasteiger partial charge on any atom is 0.221 e. The summed E-state index contributed by atoms with van der Waals surface area (Å²) in [5.74, 6) is -0.0379. The van der Waals surface area contributed by atoms with E-state index in [1.165, 1.54) is 19.9 Å². The minimum absolute atomic E-state index is 0.0379. The molecule has 2 N–H and O–H groups in total. The summed E-state index contributed by atoms with van der Waals surface area (Å²) in [5, 5.41) is 6.32. The molecular formula is C15H23N3O. The number of amides is 1. The Bertz CT molecular complexity index is 428. The second-order valence-electron chi connectivity index (χ2n) is 5.48. The smallest absolute Gasteiger partial charge is 0.221 e. The van der Waals surface area contributed by atoms with Gasteiger partial charge in [0, 0.05) is 43.5 Å². The average Bonchev–Trinajstić information content (AvgIpc) is 2.80. The zero-order valence-electron chi connectivity index (χ0n) is 11.9. The molecule has 0 radical (unpaired) electrons. The van der Waals surface area contributed by atoms with Crippen molar-refractivity contribution in [1.29, 1.82) is 0 Å². The largest absolute Gasteiger partial charge is 0.381 e. The van der Waals surface area contributed by atoms with Gasteiger partial charge in [-0.2, -0.15) is 0 Å². The normalized spacial score (nSPS) is 19.7. The van der Waals surface area contributed by atoms with Crippen LogP contribution in [0, 0.1) is 0 Å². The predicted octanol–water partition coefficient (Wildman–Crippen LogP) is 2.54. The first-order valence-corrected chi connectivity index (χ1v) is 6.93. The first-order chi connectivity index (χ1) is 9.04. The van der Waals surface area contributed by atoms with Crippen LogP contribution >= 0.6 is 0 Å². The molecule has 1 aromatic rings. The van der Waals surface area contributed by atoms with Gasteiger partial charge in [-0.15, -0.1) is 0 Å². The fourth-order valence-electron chi connectivity index (χ4n) is 2.46. The maximum atomic E-state index is 10.9. The zero-order valence-corrected chi connectivity index (χ0v) is 11.9. The highest BCUT2D eigenvalue weighted by Gasteiger charge is 2.23. The van der Waals surface area contributed by atoms with Crippen LogP contribution in [0.1, 0.15) is 27.2 Å². The molecule has 0 aromatic heterocycles. The Morgan fingerprint density at radius 1 is 1.26 bits per heavy atom. The molecule has 19 heavy (non-hydrogen) atoms. The SMILES string of the molecule is CC(=O)Nc1ccc(NC2CCN(C(C)C)C2)cc1. The fraction of sp³-hybridized carbons (Fsp3) is 0.533. The van der Waals surface area contributed by atoms with Crippen molar-refractivity contribution in [3.05, 3.63) is 24.3 Å². The van der Waals surface area contributed by atoms with E-state index in [-0.39, 0.29) is 5.91 Å². The van der Waals surface area contributed by atoms with E-state index < -0.39 is 0 Å². The van der Waals surface area contributed by atoms with Crippen molar-refractivity contribution in [1.82, 2.24) is 4.90 Å². The highest BCUT2D eigenvalue weighted by molar-refractivity contribution is 5.88. The average molecular weight is 261 g/mol. The van der Waals surface area contributed by atoms with E-state index in [2.05, 4.69) is 29.4 Å². The fourth-order valence-corrected chi connectivity index (χ4v) is 2.46. The molecule has 0 saturated carbocycles. The molecular weight excluding hydrogens is 238 g/mol. The van der Waals surface area contributed by atoms with Crippen LogP contribution in [0.15, 0.2) is 24.3 Å². The molecule has 0 bridgehead atoms. The summed E-state index contributed by atoms with van der Waals surface area (Å²) in [6, 6.07) is 9.03. The van der Waals surface area contributed by atoms with E-state index in [4.69, 9.17) is 0 Å². The second kappa shape index (κ2) is 6.06. The van der Waals surface area contributed by atoms with Crippen LogP contribution in [0.3, 0.4) is 0 Å². The lowest BCUT2D eigenvalue weighted by atomic mass is 10.2. The molecule has 1 aliphatic heterocycles. The molecule has 1 aromatic carbocycles. The number of nitrogens with one attached hydrogen (secondary N) is 2. The predicted molar refractivity (Wildman–Crippen MR) is 79.5 cm³/mol. The summed E-state index contributed by atoms with van der Waals surface area (Å²) in [4.78, 5) is 13.4. The highest BCUT2D eigenvalue weighted by atomic mass is 16.1.